The third-order valence-corrected chi connectivity index (χ3v) is 5.29. The first-order valence-electron chi connectivity index (χ1n) is 9.99. The number of aryl methyl sites for hydroxylation is 1. The van der Waals surface area contributed by atoms with Gasteiger partial charge in [-0.2, -0.15) is 13.2 Å². The first-order chi connectivity index (χ1) is 15.1. The van der Waals surface area contributed by atoms with Crippen LogP contribution >= 0.6 is 12.2 Å². The zero-order chi connectivity index (χ0) is 23.3. The molecule has 1 fully saturated rings. The number of halogens is 3. The van der Waals surface area contributed by atoms with Crippen molar-refractivity contribution in [2.24, 2.45) is 0 Å². The Balaban J connectivity index is 1.68. The molecule has 2 N–H and O–H groups in total. The second-order valence-corrected chi connectivity index (χ2v) is 7.73. The molecule has 0 aromatic heterocycles. The molecule has 2 aromatic rings. The SMILES string of the molecule is Cc1cccc(OCC(=O)NC(=S)Nc2cc(C(F)(F)F)ccc2N2CCOCC2)c1C. The maximum Gasteiger partial charge on any atom is 0.416 e. The lowest BCUT2D eigenvalue weighted by Gasteiger charge is -2.31. The fraction of sp³-hybridized carbons (Fsp3) is 0.364. The summed E-state index contributed by atoms with van der Waals surface area (Å²) in [7, 11) is 0. The zero-order valence-electron chi connectivity index (χ0n) is 17.7. The number of morpholine rings is 1. The van der Waals surface area contributed by atoms with Gasteiger partial charge >= 0.3 is 6.18 Å². The first kappa shape index (κ1) is 23.8. The molecule has 0 aliphatic carbocycles. The van der Waals surface area contributed by atoms with E-state index in [-0.39, 0.29) is 17.4 Å². The summed E-state index contributed by atoms with van der Waals surface area (Å²) < 4.78 is 50.6. The third kappa shape index (κ3) is 6.10. The Bertz CT molecular complexity index is 992. The number of anilines is 2. The van der Waals surface area contributed by atoms with Crippen molar-refractivity contribution in [3.63, 3.8) is 0 Å². The van der Waals surface area contributed by atoms with Crippen LogP contribution in [0.1, 0.15) is 16.7 Å². The molecule has 1 aliphatic rings. The Labute approximate surface area is 189 Å². The summed E-state index contributed by atoms with van der Waals surface area (Å²) in [6.07, 6.45) is -4.51. The van der Waals surface area contributed by atoms with Crippen LogP contribution in [0.2, 0.25) is 0 Å². The summed E-state index contributed by atoms with van der Waals surface area (Å²) in [5.74, 6) is 0.0508. The zero-order valence-corrected chi connectivity index (χ0v) is 18.5. The van der Waals surface area contributed by atoms with Gasteiger partial charge in [-0.25, -0.2) is 0 Å². The molecular weight excluding hydrogens is 443 g/mol. The number of thiocarbonyl (C=S) groups is 1. The van der Waals surface area contributed by atoms with Crippen molar-refractivity contribution in [3.8, 4) is 5.75 Å². The molecule has 3 rings (SSSR count). The summed E-state index contributed by atoms with van der Waals surface area (Å²) in [6, 6.07) is 8.91. The number of carbonyl (C=O) groups excluding carboxylic acids is 1. The predicted molar refractivity (Wildman–Crippen MR) is 120 cm³/mol. The van der Waals surface area contributed by atoms with Crippen LogP contribution < -0.4 is 20.3 Å². The molecule has 172 valence electrons. The number of hydrogen-bond donors (Lipinski definition) is 2. The summed E-state index contributed by atoms with van der Waals surface area (Å²) in [5, 5.41) is 5.07. The lowest BCUT2D eigenvalue weighted by Crippen LogP contribution is -2.39. The highest BCUT2D eigenvalue weighted by Gasteiger charge is 2.31. The van der Waals surface area contributed by atoms with E-state index in [4.69, 9.17) is 21.7 Å². The molecule has 1 saturated heterocycles. The van der Waals surface area contributed by atoms with Gasteiger partial charge in [-0.05, 0) is 61.5 Å². The lowest BCUT2D eigenvalue weighted by molar-refractivity contribution is -0.137. The number of rotatable bonds is 5. The number of nitrogens with zero attached hydrogens (tertiary/aromatic N) is 1. The van der Waals surface area contributed by atoms with Crippen LogP contribution in [-0.2, 0) is 15.7 Å². The van der Waals surface area contributed by atoms with Gasteiger partial charge in [-0.15, -0.1) is 0 Å². The molecule has 6 nitrogen and oxygen atoms in total. The molecule has 0 unspecified atom stereocenters. The molecule has 1 amide bonds. The van der Waals surface area contributed by atoms with Crippen molar-refractivity contribution < 1.29 is 27.4 Å². The quantitative estimate of drug-likeness (QED) is 0.647. The molecule has 2 aromatic carbocycles. The normalized spacial score (nSPS) is 14.1. The third-order valence-electron chi connectivity index (χ3n) is 5.09. The van der Waals surface area contributed by atoms with Crippen LogP contribution in [0, 0.1) is 13.8 Å². The molecular formula is C22H24F3N3O3S. The molecule has 10 heteroatoms. The topological polar surface area (TPSA) is 62.8 Å². The average molecular weight is 468 g/mol. The van der Waals surface area contributed by atoms with E-state index in [0.717, 1.165) is 23.3 Å². The summed E-state index contributed by atoms with van der Waals surface area (Å²) >= 11 is 5.16. The molecule has 1 aliphatic heterocycles. The van der Waals surface area contributed by atoms with E-state index >= 15 is 0 Å². The molecule has 0 radical (unpaired) electrons. The van der Waals surface area contributed by atoms with Crippen LogP contribution in [0.5, 0.6) is 5.75 Å². The number of amides is 1. The number of carbonyl (C=O) groups is 1. The van der Waals surface area contributed by atoms with Crippen molar-refractivity contribution in [2.75, 3.05) is 43.1 Å². The lowest BCUT2D eigenvalue weighted by atomic mass is 10.1. The Kier molecular flexibility index (Phi) is 7.57. The second kappa shape index (κ2) is 10.2. The molecule has 1 heterocycles. The average Bonchev–Trinajstić information content (AvgIpc) is 2.74. The Hall–Kier alpha value is -2.85. The minimum Gasteiger partial charge on any atom is -0.483 e. The summed E-state index contributed by atoms with van der Waals surface area (Å²) in [6.45, 7) is 5.53. The van der Waals surface area contributed by atoms with Crippen LogP contribution in [0.25, 0.3) is 0 Å². The van der Waals surface area contributed by atoms with Crippen molar-refractivity contribution in [2.45, 2.75) is 20.0 Å². The number of ether oxygens (including phenoxy) is 2. The Morgan fingerprint density at radius 1 is 1.19 bits per heavy atom. The largest absolute Gasteiger partial charge is 0.483 e. The highest BCUT2D eigenvalue weighted by molar-refractivity contribution is 7.80. The highest BCUT2D eigenvalue weighted by atomic mass is 32.1. The molecule has 32 heavy (non-hydrogen) atoms. The van der Waals surface area contributed by atoms with E-state index in [0.29, 0.717) is 37.7 Å². The fourth-order valence-corrected chi connectivity index (χ4v) is 3.46. The van der Waals surface area contributed by atoms with E-state index in [1.54, 1.807) is 6.07 Å². The van der Waals surface area contributed by atoms with Gasteiger partial charge in [0.25, 0.3) is 5.91 Å². The van der Waals surface area contributed by atoms with Crippen LogP contribution in [0.15, 0.2) is 36.4 Å². The fourth-order valence-electron chi connectivity index (χ4n) is 3.23. The maximum absolute atomic E-state index is 13.2. The minimum atomic E-state index is -4.51. The first-order valence-corrected chi connectivity index (χ1v) is 10.4. The van der Waals surface area contributed by atoms with Crippen molar-refractivity contribution in [1.82, 2.24) is 5.32 Å². The van der Waals surface area contributed by atoms with E-state index in [9.17, 15) is 18.0 Å². The van der Waals surface area contributed by atoms with Crippen molar-refractivity contribution >= 4 is 34.6 Å². The minimum absolute atomic E-state index is 0.117. The van der Waals surface area contributed by atoms with E-state index in [1.165, 1.54) is 6.07 Å². The maximum atomic E-state index is 13.2. The Morgan fingerprint density at radius 2 is 1.91 bits per heavy atom. The number of nitrogens with one attached hydrogen (secondary N) is 2. The highest BCUT2D eigenvalue weighted by Crippen LogP contribution is 2.35. The second-order valence-electron chi connectivity index (χ2n) is 7.32. The van der Waals surface area contributed by atoms with Gasteiger partial charge in [0.1, 0.15) is 5.75 Å². The van der Waals surface area contributed by atoms with Gasteiger partial charge in [0.05, 0.1) is 30.2 Å². The van der Waals surface area contributed by atoms with Gasteiger partial charge in [0, 0.05) is 13.1 Å². The van der Waals surface area contributed by atoms with E-state index in [2.05, 4.69) is 10.6 Å². The molecule has 0 bridgehead atoms. The van der Waals surface area contributed by atoms with Gasteiger partial charge in [0.15, 0.2) is 11.7 Å². The van der Waals surface area contributed by atoms with Gasteiger partial charge in [0.2, 0.25) is 0 Å². The standard InChI is InChI=1S/C22H24F3N3O3S/c1-14-4-3-5-19(15(14)2)31-13-20(29)27-21(32)26-17-12-16(22(23,24)25)6-7-18(17)28-8-10-30-11-9-28/h3-7,12H,8-11,13H2,1-2H3,(H2,26,27,29,32). The molecule has 0 spiro atoms. The van der Waals surface area contributed by atoms with E-state index in [1.807, 2.05) is 30.9 Å². The van der Waals surface area contributed by atoms with E-state index < -0.39 is 17.6 Å². The summed E-state index contributed by atoms with van der Waals surface area (Å²) in [4.78, 5) is 14.2. The van der Waals surface area contributed by atoms with Crippen LogP contribution in [-0.4, -0.2) is 43.9 Å². The van der Waals surface area contributed by atoms with Crippen molar-refractivity contribution in [1.29, 1.82) is 0 Å². The van der Waals surface area contributed by atoms with Gasteiger partial charge in [-0.3, -0.25) is 10.1 Å². The molecule has 0 saturated carbocycles. The molecule has 0 atom stereocenters. The van der Waals surface area contributed by atoms with Crippen LogP contribution in [0.3, 0.4) is 0 Å². The monoisotopic (exact) mass is 467 g/mol. The Morgan fingerprint density at radius 3 is 2.59 bits per heavy atom. The number of hydrogen-bond acceptors (Lipinski definition) is 5. The van der Waals surface area contributed by atoms with Gasteiger partial charge < -0.3 is 19.7 Å². The van der Waals surface area contributed by atoms with Crippen LogP contribution in [0.4, 0.5) is 24.5 Å². The smallest absolute Gasteiger partial charge is 0.416 e. The summed E-state index contributed by atoms with van der Waals surface area (Å²) in [5.41, 5.74) is 1.83. The number of alkyl halides is 3. The van der Waals surface area contributed by atoms with Gasteiger partial charge in [-0.1, -0.05) is 12.1 Å². The van der Waals surface area contributed by atoms with Crippen molar-refractivity contribution in [3.05, 3.63) is 53.1 Å². The number of benzene rings is 2. The predicted octanol–water partition coefficient (Wildman–Crippen LogP) is 4.05.